The molecule has 1 aliphatic rings. The first-order valence-corrected chi connectivity index (χ1v) is 17.7. The monoisotopic (exact) mass is 652 g/mol. The number of aryl methyl sites for hydroxylation is 4. The summed E-state index contributed by atoms with van der Waals surface area (Å²) in [5.74, 6) is 0.966. The predicted molar refractivity (Wildman–Crippen MR) is 194 cm³/mol. The van der Waals surface area contributed by atoms with Crippen molar-refractivity contribution in [1.82, 2.24) is 0 Å². The van der Waals surface area contributed by atoms with Crippen molar-refractivity contribution in [3.8, 4) is 5.75 Å². The second-order valence-electron chi connectivity index (χ2n) is 12.6. The molecule has 0 bridgehead atoms. The third-order valence-corrected chi connectivity index (χ3v) is 9.66. The number of ether oxygens (including phenoxy) is 1. The van der Waals surface area contributed by atoms with Crippen LogP contribution >= 0.6 is 0 Å². The van der Waals surface area contributed by atoms with Crippen molar-refractivity contribution in [2.75, 3.05) is 31.1 Å². The molecular weight excluding hydrogens is 605 g/mol. The summed E-state index contributed by atoms with van der Waals surface area (Å²) in [6.45, 7) is 20.8. The zero-order chi connectivity index (χ0) is 34.4. The van der Waals surface area contributed by atoms with Gasteiger partial charge in [-0.3, -0.25) is 0 Å². The van der Waals surface area contributed by atoms with E-state index in [2.05, 4.69) is 131 Å². The molecular formula is C40H48N2O4S. The van der Waals surface area contributed by atoms with E-state index in [0.717, 1.165) is 30.9 Å². The van der Waals surface area contributed by atoms with E-state index >= 15 is 0 Å². The molecule has 47 heavy (non-hydrogen) atoms. The van der Waals surface area contributed by atoms with Gasteiger partial charge in [-0.1, -0.05) is 59.7 Å². The van der Waals surface area contributed by atoms with E-state index in [9.17, 15) is 13.0 Å². The highest BCUT2D eigenvalue weighted by Gasteiger charge is 2.44. The van der Waals surface area contributed by atoms with Crippen LogP contribution in [0.15, 0.2) is 95.9 Å². The van der Waals surface area contributed by atoms with E-state index in [1.54, 1.807) is 12.1 Å². The van der Waals surface area contributed by atoms with Gasteiger partial charge >= 0.3 is 0 Å². The first-order valence-electron chi connectivity index (χ1n) is 16.3. The maximum absolute atomic E-state index is 10.4. The smallest absolute Gasteiger partial charge is 0.209 e. The standard InChI is InChI=1S/C33H41N2O.C7H8O3S/c1-8-34(9-2)28-17-15-27(25(4)23-28)16-19-32-33(6,7)29-12-10-11-13-30(29)35(32)20-21-36-31-18-14-24(3)22-26(31)5;1-6-2-4-7(5-3-6)11(8,9)10/h10-19,22-23H,8-9,20-21H2,1-7H3;2-5H,1H3,(H,8,9,10)/q+1;/p-1. The minimum absolute atomic E-state index is 0.0814. The molecule has 0 saturated heterocycles. The summed E-state index contributed by atoms with van der Waals surface area (Å²) in [6, 6.07) is 27.7. The Morgan fingerprint density at radius 3 is 2.09 bits per heavy atom. The van der Waals surface area contributed by atoms with Crippen molar-refractivity contribution in [3.05, 3.63) is 124 Å². The number of para-hydroxylation sites is 1. The number of benzene rings is 4. The highest BCUT2D eigenvalue weighted by atomic mass is 32.2. The van der Waals surface area contributed by atoms with E-state index < -0.39 is 10.1 Å². The van der Waals surface area contributed by atoms with E-state index in [0.29, 0.717) is 6.61 Å². The molecule has 0 amide bonds. The Kier molecular flexibility index (Phi) is 11.5. The minimum atomic E-state index is -4.27. The molecule has 0 N–H and O–H groups in total. The van der Waals surface area contributed by atoms with Gasteiger partial charge in [-0.25, -0.2) is 8.42 Å². The number of hydrogen-bond donors (Lipinski definition) is 0. The summed E-state index contributed by atoms with van der Waals surface area (Å²) < 4.78 is 39.8. The molecule has 0 fully saturated rings. The molecule has 4 aromatic rings. The van der Waals surface area contributed by atoms with Gasteiger partial charge in [0.15, 0.2) is 12.3 Å². The Morgan fingerprint density at radius 1 is 0.809 bits per heavy atom. The van der Waals surface area contributed by atoms with Crippen LogP contribution in [0.5, 0.6) is 5.75 Å². The number of nitrogens with zero attached hydrogens (tertiary/aromatic N) is 2. The van der Waals surface area contributed by atoms with Gasteiger partial charge < -0.3 is 14.2 Å². The van der Waals surface area contributed by atoms with Crippen molar-refractivity contribution in [2.24, 2.45) is 0 Å². The summed E-state index contributed by atoms with van der Waals surface area (Å²) in [5, 5.41) is 0. The Labute approximate surface area is 281 Å². The number of allylic oxidation sites excluding steroid dienone is 1. The summed E-state index contributed by atoms with van der Waals surface area (Å²) >= 11 is 0. The molecule has 0 saturated carbocycles. The van der Waals surface area contributed by atoms with Crippen molar-refractivity contribution in [1.29, 1.82) is 0 Å². The van der Waals surface area contributed by atoms with Crippen LogP contribution in [0.4, 0.5) is 11.4 Å². The van der Waals surface area contributed by atoms with Crippen LogP contribution in [0.1, 0.15) is 61.1 Å². The summed E-state index contributed by atoms with van der Waals surface area (Å²) in [5.41, 5.74) is 11.1. The van der Waals surface area contributed by atoms with Crippen molar-refractivity contribution >= 4 is 33.3 Å². The van der Waals surface area contributed by atoms with Gasteiger partial charge in [-0.2, -0.15) is 4.58 Å². The van der Waals surface area contributed by atoms with Gasteiger partial charge in [-0.15, -0.1) is 0 Å². The highest BCUT2D eigenvalue weighted by Crippen LogP contribution is 2.40. The van der Waals surface area contributed by atoms with Crippen molar-refractivity contribution in [2.45, 2.75) is 65.7 Å². The number of hydrogen-bond acceptors (Lipinski definition) is 5. The lowest BCUT2D eigenvalue weighted by Gasteiger charge is -2.22. The third kappa shape index (κ3) is 8.59. The molecule has 0 aliphatic carbocycles. The van der Waals surface area contributed by atoms with E-state index in [1.165, 1.54) is 57.0 Å². The lowest BCUT2D eigenvalue weighted by atomic mass is 9.81. The van der Waals surface area contributed by atoms with Gasteiger partial charge in [0, 0.05) is 36.5 Å². The average Bonchev–Trinajstić information content (AvgIpc) is 3.24. The number of fused-ring (bicyclic) bond motifs is 1. The molecule has 0 atom stereocenters. The molecule has 0 aromatic heterocycles. The molecule has 0 radical (unpaired) electrons. The lowest BCUT2D eigenvalue weighted by Crippen LogP contribution is -2.29. The fraction of sp³-hybridized carbons (Fsp3) is 0.325. The highest BCUT2D eigenvalue weighted by molar-refractivity contribution is 7.85. The van der Waals surface area contributed by atoms with Crippen LogP contribution in [0.25, 0.3) is 6.08 Å². The molecule has 4 aromatic carbocycles. The van der Waals surface area contributed by atoms with Crippen LogP contribution in [0.3, 0.4) is 0 Å². The molecule has 5 rings (SSSR count). The molecule has 1 aliphatic heterocycles. The van der Waals surface area contributed by atoms with Crippen LogP contribution in [0.2, 0.25) is 0 Å². The lowest BCUT2D eigenvalue weighted by molar-refractivity contribution is -0.439. The first-order chi connectivity index (χ1) is 22.3. The average molecular weight is 653 g/mol. The van der Waals surface area contributed by atoms with Crippen LogP contribution in [0, 0.1) is 27.7 Å². The Morgan fingerprint density at radius 2 is 1.47 bits per heavy atom. The summed E-state index contributed by atoms with van der Waals surface area (Å²) in [4.78, 5) is 2.21. The number of anilines is 1. The topological polar surface area (TPSA) is 72.7 Å². The van der Waals surface area contributed by atoms with Gasteiger partial charge in [0.1, 0.15) is 22.5 Å². The first kappa shape index (κ1) is 35.7. The predicted octanol–water partition coefficient (Wildman–Crippen LogP) is 8.53. The maximum atomic E-state index is 10.4. The second kappa shape index (κ2) is 15.1. The van der Waals surface area contributed by atoms with Gasteiger partial charge in [0.05, 0.1) is 10.3 Å². The molecule has 248 valence electrons. The fourth-order valence-electron chi connectivity index (χ4n) is 6.10. The van der Waals surface area contributed by atoms with Crippen molar-refractivity contribution in [3.63, 3.8) is 0 Å². The van der Waals surface area contributed by atoms with E-state index in [1.807, 2.05) is 6.92 Å². The van der Waals surface area contributed by atoms with E-state index in [4.69, 9.17) is 4.74 Å². The minimum Gasteiger partial charge on any atom is -0.744 e. The van der Waals surface area contributed by atoms with Gasteiger partial charge in [-0.05, 0) is 108 Å². The largest absolute Gasteiger partial charge is 0.744 e. The normalized spacial score (nSPS) is 13.7. The molecule has 6 nitrogen and oxygen atoms in total. The third-order valence-electron chi connectivity index (χ3n) is 8.81. The number of rotatable bonds is 10. The fourth-order valence-corrected chi connectivity index (χ4v) is 6.57. The quantitative estimate of drug-likeness (QED) is 0.127. The Balaban J connectivity index is 0.000000385. The van der Waals surface area contributed by atoms with Gasteiger partial charge in [0.2, 0.25) is 5.69 Å². The second-order valence-corrected chi connectivity index (χ2v) is 14.0. The maximum Gasteiger partial charge on any atom is 0.209 e. The van der Waals surface area contributed by atoms with Gasteiger partial charge in [0.25, 0.3) is 0 Å². The molecule has 7 heteroatoms. The zero-order valence-electron chi connectivity index (χ0n) is 29.0. The Bertz CT molecular complexity index is 1870. The van der Waals surface area contributed by atoms with Crippen LogP contribution < -0.4 is 9.64 Å². The zero-order valence-corrected chi connectivity index (χ0v) is 29.8. The van der Waals surface area contributed by atoms with E-state index in [-0.39, 0.29) is 10.3 Å². The molecule has 0 spiro atoms. The molecule has 1 heterocycles. The SMILES string of the molecule is CCN(CC)c1ccc(C=CC2=[N+](CCOc3ccc(C)cc3C)c3ccccc3C2(C)C)c(C)c1.Cc1ccc(S(=O)(=O)[O-])cc1. The molecule has 0 unspecified atom stereocenters. The van der Waals surface area contributed by atoms with Crippen LogP contribution in [-0.4, -0.2) is 49.5 Å². The van der Waals surface area contributed by atoms with Crippen molar-refractivity contribution < 1.29 is 22.3 Å². The van der Waals surface area contributed by atoms with Crippen LogP contribution in [-0.2, 0) is 15.5 Å². The summed E-state index contributed by atoms with van der Waals surface area (Å²) in [7, 11) is -4.27. The summed E-state index contributed by atoms with van der Waals surface area (Å²) in [6.07, 6.45) is 4.60. The Hall–Kier alpha value is -4.20.